The topological polar surface area (TPSA) is 54.8 Å². The van der Waals surface area contributed by atoms with E-state index in [2.05, 4.69) is 36.1 Å². The van der Waals surface area contributed by atoms with Gasteiger partial charge in [0.05, 0.1) is 24.4 Å². The largest absolute Gasteiger partial charge is 0.492 e. The molecule has 2 heterocycles. The van der Waals surface area contributed by atoms with E-state index in [1.165, 1.54) is 5.56 Å². The molecule has 2 aromatic carbocycles. The van der Waals surface area contributed by atoms with E-state index in [0.29, 0.717) is 13.0 Å². The number of aryl methyl sites for hydroxylation is 1. The van der Waals surface area contributed by atoms with Crippen LogP contribution in [0.2, 0.25) is 0 Å². The number of fused-ring (bicyclic) bond motifs is 1. The molecule has 0 atom stereocenters. The third kappa shape index (κ3) is 4.75. The summed E-state index contributed by atoms with van der Waals surface area (Å²) in [4.78, 5) is 7.27. The summed E-state index contributed by atoms with van der Waals surface area (Å²) in [7, 11) is 0. The van der Waals surface area contributed by atoms with Crippen LogP contribution in [0.15, 0.2) is 48.5 Å². The summed E-state index contributed by atoms with van der Waals surface area (Å²) in [5.74, 6) is 0.875. The molecule has 1 aliphatic rings. The van der Waals surface area contributed by atoms with Gasteiger partial charge in [0.2, 0.25) is 0 Å². The summed E-state index contributed by atoms with van der Waals surface area (Å²) < 4.78 is 11.3. The van der Waals surface area contributed by atoms with Crippen LogP contribution < -0.4 is 4.74 Å². The van der Waals surface area contributed by atoms with Crippen molar-refractivity contribution in [2.75, 3.05) is 46.1 Å². The smallest absolute Gasteiger partial charge is 0.119 e. The zero-order valence-corrected chi connectivity index (χ0v) is 16.9. The van der Waals surface area contributed by atoms with E-state index in [9.17, 15) is 5.11 Å². The van der Waals surface area contributed by atoms with Gasteiger partial charge in [0.15, 0.2) is 0 Å². The number of benzene rings is 2. The molecule has 4 rings (SSSR count). The lowest BCUT2D eigenvalue weighted by atomic mass is 10.0. The molecular formula is C24H28N2O3. The maximum atomic E-state index is 9.37. The van der Waals surface area contributed by atoms with Crippen LogP contribution in [0, 0.1) is 6.92 Å². The van der Waals surface area contributed by atoms with Crippen LogP contribution in [0.3, 0.4) is 0 Å². The molecule has 0 radical (unpaired) electrons. The van der Waals surface area contributed by atoms with Crippen LogP contribution in [0.25, 0.3) is 22.2 Å². The van der Waals surface area contributed by atoms with Gasteiger partial charge < -0.3 is 14.6 Å². The number of aliphatic hydroxyl groups excluding tert-OH is 1. The standard InChI is InChI=1S/C24H28N2O3/c1-18-17-23(25-24-20(9-13-27)3-2-4-22(18)24)19-5-7-21(8-6-19)29-16-12-26-10-14-28-15-11-26/h2-8,17,27H,9-16H2,1H3. The molecule has 0 unspecified atom stereocenters. The lowest BCUT2D eigenvalue weighted by Gasteiger charge is -2.26. The number of hydrogen-bond donors (Lipinski definition) is 1. The van der Waals surface area contributed by atoms with E-state index in [0.717, 1.165) is 66.3 Å². The Bertz CT molecular complexity index is 950. The van der Waals surface area contributed by atoms with Gasteiger partial charge in [-0.2, -0.15) is 0 Å². The van der Waals surface area contributed by atoms with Crippen LogP contribution >= 0.6 is 0 Å². The quantitative estimate of drug-likeness (QED) is 0.667. The molecule has 0 amide bonds. The van der Waals surface area contributed by atoms with E-state index in [1.807, 2.05) is 24.3 Å². The number of rotatable bonds is 7. The van der Waals surface area contributed by atoms with Crippen LogP contribution in [-0.2, 0) is 11.2 Å². The lowest BCUT2D eigenvalue weighted by molar-refractivity contribution is 0.0322. The Morgan fingerprint density at radius 2 is 1.90 bits per heavy atom. The highest BCUT2D eigenvalue weighted by atomic mass is 16.5. The molecule has 152 valence electrons. The van der Waals surface area contributed by atoms with Gasteiger partial charge in [0.25, 0.3) is 0 Å². The van der Waals surface area contributed by atoms with Crippen molar-refractivity contribution >= 4 is 10.9 Å². The Balaban J connectivity index is 1.48. The first-order valence-electron chi connectivity index (χ1n) is 10.3. The number of morpholine rings is 1. The van der Waals surface area contributed by atoms with Crippen molar-refractivity contribution in [2.24, 2.45) is 0 Å². The predicted molar refractivity (Wildman–Crippen MR) is 115 cm³/mol. The number of aromatic nitrogens is 1. The molecule has 1 saturated heterocycles. The second-order valence-electron chi connectivity index (χ2n) is 7.44. The van der Waals surface area contributed by atoms with Gasteiger partial charge in [-0.05, 0) is 54.8 Å². The molecule has 0 saturated carbocycles. The number of nitrogens with zero attached hydrogens (tertiary/aromatic N) is 2. The van der Waals surface area contributed by atoms with E-state index in [-0.39, 0.29) is 6.61 Å². The van der Waals surface area contributed by atoms with Crippen LogP contribution in [0.1, 0.15) is 11.1 Å². The van der Waals surface area contributed by atoms with Crippen molar-refractivity contribution in [3.05, 3.63) is 59.7 Å². The summed E-state index contributed by atoms with van der Waals surface area (Å²) in [5.41, 5.74) is 5.26. The average Bonchev–Trinajstić information content (AvgIpc) is 2.76. The maximum Gasteiger partial charge on any atom is 0.119 e. The number of aliphatic hydroxyl groups is 1. The van der Waals surface area contributed by atoms with Crippen molar-refractivity contribution in [2.45, 2.75) is 13.3 Å². The number of ether oxygens (including phenoxy) is 2. The summed E-state index contributed by atoms with van der Waals surface area (Å²) >= 11 is 0. The minimum absolute atomic E-state index is 0.126. The van der Waals surface area contributed by atoms with Crippen molar-refractivity contribution in [1.29, 1.82) is 0 Å². The number of hydrogen-bond acceptors (Lipinski definition) is 5. The fraction of sp³-hybridized carbons (Fsp3) is 0.375. The minimum atomic E-state index is 0.126. The average molecular weight is 392 g/mol. The highest BCUT2D eigenvalue weighted by Crippen LogP contribution is 2.27. The normalized spacial score (nSPS) is 15.0. The summed E-state index contributed by atoms with van der Waals surface area (Å²) in [6.45, 7) is 7.42. The first-order chi connectivity index (χ1) is 14.2. The third-order valence-corrected chi connectivity index (χ3v) is 5.44. The molecule has 1 fully saturated rings. The first kappa shape index (κ1) is 19.8. The summed E-state index contributed by atoms with van der Waals surface area (Å²) in [5, 5.41) is 10.5. The van der Waals surface area contributed by atoms with Gasteiger partial charge in [-0.15, -0.1) is 0 Å². The highest BCUT2D eigenvalue weighted by Gasteiger charge is 2.11. The predicted octanol–water partition coefficient (Wildman–Crippen LogP) is 3.46. The Hall–Kier alpha value is -2.47. The van der Waals surface area contributed by atoms with Gasteiger partial charge in [0.1, 0.15) is 12.4 Å². The fourth-order valence-corrected chi connectivity index (χ4v) is 3.79. The maximum absolute atomic E-state index is 9.37. The molecule has 0 spiro atoms. The van der Waals surface area contributed by atoms with Crippen LogP contribution in [0.5, 0.6) is 5.75 Å². The Kier molecular flexibility index (Phi) is 6.39. The molecule has 0 aliphatic carbocycles. The van der Waals surface area contributed by atoms with Crippen molar-refractivity contribution in [3.63, 3.8) is 0 Å². The monoisotopic (exact) mass is 392 g/mol. The van der Waals surface area contributed by atoms with Crippen molar-refractivity contribution in [1.82, 2.24) is 9.88 Å². The Morgan fingerprint density at radius 3 is 2.66 bits per heavy atom. The highest BCUT2D eigenvalue weighted by molar-refractivity contribution is 5.87. The van der Waals surface area contributed by atoms with Crippen LogP contribution in [0.4, 0.5) is 0 Å². The van der Waals surface area contributed by atoms with E-state index >= 15 is 0 Å². The first-order valence-corrected chi connectivity index (χ1v) is 10.3. The second-order valence-corrected chi connectivity index (χ2v) is 7.44. The molecule has 1 aromatic heterocycles. The molecule has 5 heteroatoms. The zero-order valence-electron chi connectivity index (χ0n) is 16.9. The van der Waals surface area contributed by atoms with Gasteiger partial charge in [0, 0.05) is 37.2 Å². The van der Waals surface area contributed by atoms with Gasteiger partial charge in [-0.25, -0.2) is 4.98 Å². The molecule has 0 bridgehead atoms. The summed E-state index contributed by atoms with van der Waals surface area (Å²) in [6, 6.07) is 16.4. The van der Waals surface area contributed by atoms with E-state index in [4.69, 9.17) is 14.5 Å². The molecular weight excluding hydrogens is 364 g/mol. The van der Waals surface area contributed by atoms with E-state index in [1.54, 1.807) is 0 Å². The van der Waals surface area contributed by atoms with Crippen molar-refractivity contribution in [3.8, 4) is 17.0 Å². The molecule has 1 aliphatic heterocycles. The number of pyridine rings is 1. The van der Waals surface area contributed by atoms with Gasteiger partial charge >= 0.3 is 0 Å². The SMILES string of the molecule is Cc1cc(-c2ccc(OCCN3CCOCC3)cc2)nc2c(CCO)cccc12. The second kappa shape index (κ2) is 9.35. The van der Waals surface area contributed by atoms with Gasteiger partial charge in [-0.1, -0.05) is 18.2 Å². The third-order valence-electron chi connectivity index (χ3n) is 5.44. The Morgan fingerprint density at radius 1 is 1.10 bits per heavy atom. The molecule has 3 aromatic rings. The molecule has 5 nitrogen and oxygen atoms in total. The minimum Gasteiger partial charge on any atom is -0.492 e. The van der Waals surface area contributed by atoms with Gasteiger partial charge in [-0.3, -0.25) is 4.90 Å². The molecule has 1 N–H and O–H groups in total. The lowest BCUT2D eigenvalue weighted by Crippen LogP contribution is -2.38. The van der Waals surface area contributed by atoms with E-state index < -0.39 is 0 Å². The Labute approximate surface area is 171 Å². The zero-order chi connectivity index (χ0) is 20.1. The van der Waals surface area contributed by atoms with Crippen LogP contribution in [-0.4, -0.2) is 61.1 Å². The fourth-order valence-electron chi connectivity index (χ4n) is 3.79. The van der Waals surface area contributed by atoms with Crippen molar-refractivity contribution < 1.29 is 14.6 Å². The summed E-state index contributed by atoms with van der Waals surface area (Å²) in [6.07, 6.45) is 0.614. The molecule has 29 heavy (non-hydrogen) atoms. The number of para-hydroxylation sites is 1.